The minimum absolute atomic E-state index is 0.0971. The van der Waals surface area contributed by atoms with Crippen LogP contribution in [0.15, 0.2) is 46.0 Å². The van der Waals surface area contributed by atoms with E-state index >= 15 is 0 Å². The molecule has 4 rings (SSSR count). The molecular weight excluding hydrogens is 338 g/mol. The molecule has 3 aromatic carbocycles. The van der Waals surface area contributed by atoms with Crippen LogP contribution in [0.1, 0.15) is 0 Å². The van der Waals surface area contributed by atoms with Gasteiger partial charge in [0, 0.05) is 0 Å². The first-order valence-corrected chi connectivity index (χ1v) is 7.71. The van der Waals surface area contributed by atoms with Crippen molar-refractivity contribution in [3.05, 3.63) is 56.8 Å². The number of anilines is 6. The van der Waals surface area contributed by atoms with Crippen LogP contribution < -0.4 is 48.0 Å². The molecule has 0 spiro atoms. The number of hydrogen-bond donors (Lipinski definition) is 5. The molecule has 0 bridgehead atoms. The molecule has 0 saturated carbocycles. The molecule has 0 aliphatic carbocycles. The molecule has 1 aliphatic rings. The molecule has 3 aromatic rings. The van der Waals surface area contributed by atoms with Crippen molar-refractivity contribution >= 4 is 34.1 Å². The van der Waals surface area contributed by atoms with E-state index in [4.69, 9.17) is 21.1 Å². The number of benzene rings is 2. The second-order valence-corrected chi connectivity index (χ2v) is 5.61. The number of nitrogens with one attached hydrogen (secondary N) is 3. The SMILES string of the molecule is NNc1c(N)cccc1Nc1c(Nc2cccc3c2OCO3)c(=O)c1=O. The zero-order valence-electron chi connectivity index (χ0n) is 13.5. The highest BCUT2D eigenvalue weighted by atomic mass is 16.7. The molecule has 132 valence electrons. The first-order valence-electron chi connectivity index (χ1n) is 7.71. The van der Waals surface area contributed by atoms with E-state index < -0.39 is 10.9 Å². The summed E-state index contributed by atoms with van der Waals surface area (Å²) < 4.78 is 10.7. The van der Waals surface area contributed by atoms with Crippen molar-refractivity contribution in [1.29, 1.82) is 0 Å². The molecule has 1 aliphatic heterocycles. The molecule has 9 nitrogen and oxygen atoms in total. The summed E-state index contributed by atoms with van der Waals surface area (Å²) in [5.41, 5.74) is 9.13. The average Bonchev–Trinajstić information content (AvgIpc) is 3.14. The maximum Gasteiger partial charge on any atom is 0.253 e. The van der Waals surface area contributed by atoms with Crippen molar-refractivity contribution in [3.8, 4) is 11.5 Å². The second kappa shape index (κ2) is 5.97. The van der Waals surface area contributed by atoms with Gasteiger partial charge < -0.3 is 31.3 Å². The quantitative estimate of drug-likeness (QED) is 0.199. The third-order valence-electron chi connectivity index (χ3n) is 4.07. The van der Waals surface area contributed by atoms with Crippen LogP contribution in [0.4, 0.5) is 34.1 Å². The fourth-order valence-electron chi connectivity index (χ4n) is 2.76. The highest BCUT2D eigenvalue weighted by molar-refractivity contribution is 5.89. The monoisotopic (exact) mass is 353 g/mol. The van der Waals surface area contributed by atoms with E-state index in [1.807, 2.05) is 0 Å². The van der Waals surface area contributed by atoms with Gasteiger partial charge >= 0.3 is 0 Å². The predicted octanol–water partition coefficient (Wildman–Crippen LogP) is 1.37. The fourth-order valence-corrected chi connectivity index (χ4v) is 2.76. The van der Waals surface area contributed by atoms with Crippen LogP contribution >= 0.6 is 0 Å². The molecule has 7 N–H and O–H groups in total. The minimum atomic E-state index is -0.636. The molecule has 0 aromatic heterocycles. The van der Waals surface area contributed by atoms with E-state index in [-0.39, 0.29) is 18.2 Å². The van der Waals surface area contributed by atoms with Crippen molar-refractivity contribution in [2.24, 2.45) is 5.84 Å². The van der Waals surface area contributed by atoms with Gasteiger partial charge in [-0.05, 0) is 24.3 Å². The minimum Gasteiger partial charge on any atom is -0.454 e. The van der Waals surface area contributed by atoms with Crippen molar-refractivity contribution in [2.75, 3.05) is 28.6 Å². The Bertz CT molecular complexity index is 1030. The summed E-state index contributed by atoms with van der Waals surface area (Å²) in [6, 6.07) is 10.3. The van der Waals surface area contributed by atoms with Crippen LogP contribution in [-0.2, 0) is 0 Å². The summed E-state index contributed by atoms with van der Waals surface area (Å²) in [6.45, 7) is 0.0971. The first kappa shape index (κ1) is 15.8. The highest BCUT2D eigenvalue weighted by Gasteiger charge is 2.25. The number of rotatable bonds is 5. The maximum absolute atomic E-state index is 12.0. The third kappa shape index (κ3) is 2.38. The Labute approximate surface area is 147 Å². The number of ether oxygens (including phenoxy) is 2. The van der Waals surface area contributed by atoms with Crippen molar-refractivity contribution in [2.45, 2.75) is 0 Å². The van der Waals surface area contributed by atoms with Gasteiger partial charge in [0.25, 0.3) is 10.9 Å². The van der Waals surface area contributed by atoms with Crippen LogP contribution in [0.25, 0.3) is 0 Å². The van der Waals surface area contributed by atoms with Gasteiger partial charge in [-0.15, -0.1) is 0 Å². The van der Waals surface area contributed by atoms with Gasteiger partial charge in [-0.2, -0.15) is 0 Å². The highest BCUT2D eigenvalue weighted by Crippen LogP contribution is 2.41. The van der Waals surface area contributed by atoms with Gasteiger partial charge in [0.15, 0.2) is 11.5 Å². The Balaban J connectivity index is 1.68. The lowest BCUT2D eigenvalue weighted by molar-refractivity contribution is 0.174. The van der Waals surface area contributed by atoms with E-state index in [1.54, 1.807) is 36.4 Å². The summed E-state index contributed by atoms with van der Waals surface area (Å²) in [6.07, 6.45) is 0. The van der Waals surface area contributed by atoms with Crippen molar-refractivity contribution < 1.29 is 9.47 Å². The number of nitrogens with two attached hydrogens (primary N) is 2. The first-order chi connectivity index (χ1) is 12.6. The number of hydrazine groups is 1. The molecule has 1 heterocycles. The smallest absolute Gasteiger partial charge is 0.253 e. The largest absolute Gasteiger partial charge is 0.454 e. The Morgan fingerprint density at radius 1 is 0.846 bits per heavy atom. The number of nitrogen functional groups attached to an aromatic ring is 2. The predicted molar refractivity (Wildman–Crippen MR) is 99.1 cm³/mol. The second-order valence-electron chi connectivity index (χ2n) is 5.61. The van der Waals surface area contributed by atoms with Gasteiger partial charge in [0.05, 0.1) is 22.7 Å². The number of hydrogen-bond acceptors (Lipinski definition) is 9. The molecule has 0 fully saturated rings. The summed E-state index contributed by atoms with van der Waals surface area (Å²) >= 11 is 0. The van der Waals surface area contributed by atoms with Crippen LogP contribution in [0.2, 0.25) is 0 Å². The number of fused-ring (bicyclic) bond motifs is 1. The van der Waals surface area contributed by atoms with Crippen LogP contribution in [0, 0.1) is 0 Å². The standard InChI is InChI=1S/C17H15N5O4/c18-8-3-1-4-9(12(8)22-19)20-13-14(16(24)15(13)23)21-10-5-2-6-11-17(10)26-7-25-11/h1-6,20-22H,7,18-19H2. The lowest BCUT2D eigenvalue weighted by atomic mass is 10.1. The van der Waals surface area contributed by atoms with Crippen LogP contribution in [-0.4, -0.2) is 6.79 Å². The molecule has 0 amide bonds. The Morgan fingerprint density at radius 3 is 2.23 bits per heavy atom. The van der Waals surface area contributed by atoms with Crippen LogP contribution in [0.5, 0.6) is 11.5 Å². The van der Waals surface area contributed by atoms with Crippen LogP contribution in [0.3, 0.4) is 0 Å². The Kier molecular flexibility index (Phi) is 3.63. The zero-order valence-corrected chi connectivity index (χ0v) is 13.5. The zero-order chi connectivity index (χ0) is 18.3. The average molecular weight is 353 g/mol. The summed E-state index contributed by atoms with van der Waals surface area (Å²) in [7, 11) is 0. The van der Waals surface area contributed by atoms with Crippen molar-refractivity contribution in [3.63, 3.8) is 0 Å². The molecule has 0 saturated heterocycles. The summed E-state index contributed by atoms with van der Waals surface area (Å²) in [5, 5.41) is 5.85. The van der Waals surface area contributed by atoms with E-state index in [2.05, 4.69) is 16.1 Å². The number of para-hydroxylation sites is 2. The van der Waals surface area contributed by atoms with Gasteiger partial charge in [-0.1, -0.05) is 12.1 Å². The normalized spacial score (nSPS) is 12.2. The summed E-state index contributed by atoms with van der Waals surface area (Å²) in [5.74, 6) is 6.53. The molecule has 0 radical (unpaired) electrons. The van der Waals surface area contributed by atoms with Crippen molar-refractivity contribution in [1.82, 2.24) is 0 Å². The lowest BCUT2D eigenvalue weighted by Gasteiger charge is -2.18. The van der Waals surface area contributed by atoms with E-state index in [9.17, 15) is 9.59 Å². The summed E-state index contributed by atoms with van der Waals surface area (Å²) in [4.78, 5) is 24.1. The fraction of sp³-hybridized carbons (Fsp3) is 0.0588. The van der Waals surface area contributed by atoms with Gasteiger partial charge in [-0.3, -0.25) is 15.4 Å². The molecule has 9 heteroatoms. The Morgan fingerprint density at radius 2 is 1.50 bits per heavy atom. The van der Waals surface area contributed by atoms with E-state index in [0.29, 0.717) is 34.2 Å². The molecule has 0 unspecified atom stereocenters. The van der Waals surface area contributed by atoms with Gasteiger partial charge in [0.1, 0.15) is 11.4 Å². The molecular formula is C17H15N5O4. The topological polar surface area (TPSA) is 141 Å². The third-order valence-corrected chi connectivity index (χ3v) is 4.07. The van der Waals surface area contributed by atoms with Gasteiger partial charge in [-0.25, -0.2) is 0 Å². The van der Waals surface area contributed by atoms with E-state index in [1.165, 1.54) is 0 Å². The van der Waals surface area contributed by atoms with E-state index in [0.717, 1.165) is 0 Å². The van der Waals surface area contributed by atoms with Gasteiger partial charge in [0.2, 0.25) is 6.79 Å². The maximum atomic E-state index is 12.0. The molecule has 0 atom stereocenters. The lowest BCUT2D eigenvalue weighted by Crippen LogP contribution is -2.36. The molecule has 26 heavy (non-hydrogen) atoms. The Hall–Kier alpha value is -3.72.